The first-order valence-corrected chi connectivity index (χ1v) is 11.4. The second kappa shape index (κ2) is 8.09. The van der Waals surface area contributed by atoms with Crippen molar-refractivity contribution in [3.8, 4) is 5.69 Å². The fourth-order valence-corrected chi connectivity index (χ4v) is 4.44. The van der Waals surface area contributed by atoms with E-state index in [9.17, 15) is 13.2 Å². The number of sulfonamides is 1. The van der Waals surface area contributed by atoms with Gasteiger partial charge >= 0.3 is 0 Å². The average molecular weight is 435 g/mol. The summed E-state index contributed by atoms with van der Waals surface area (Å²) in [6.45, 7) is 7.69. The van der Waals surface area contributed by atoms with E-state index in [-0.39, 0.29) is 22.5 Å². The third-order valence-electron chi connectivity index (χ3n) is 4.44. The number of aromatic nitrogens is 5. The average Bonchev–Trinajstić information content (AvgIpc) is 3.23. The molecule has 2 N–H and O–H groups in total. The molecule has 9 nitrogen and oxygen atoms in total. The monoisotopic (exact) mass is 434 g/mol. The summed E-state index contributed by atoms with van der Waals surface area (Å²) in [5.41, 5.74) is 3.00. The second-order valence-corrected chi connectivity index (χ2v) is 9.37. The normalized spacial score (nSPS) is 11.9. The number of hydrogen-bond donors (Lipinski definition) is 1. The Morgan fingerprint density at radius 3 is 2.45 bits per heavy atom. The van der Waals surface area contributed by atoms with Crippen LogP contribution in [0.1, 0.15) is 41.6 Å². The quantitative estimate of drug-likeness (QED) is 0.446. The molecule has 0 aliphatic heterocycles. The largest absolute Gasteiger partial charge is 0.318 e. The van der Waals surface area contributed by atoms with Gasteiger partial charge in [-0.2, -0.15) is 0 Å². The minimum Gasteiger partial charge on any atom is -0.318 e. The Kier molecular flexibility index (Phi) is 5.92. The first kappa shape index (κ1) is 21.2. The predicted octanol–water partition coefficient (Wildman–Crippen LogP) is 2.28. The number of rotatable bonds is 7. The van der Waals surface area contributed by atoms with Gasteiger partial charge in [-0.15, -0.1) is 5.10 Å². The van der Waals surface area contributed by atoms with Crippen LogP contribution >= 0.6 is 11.8 Å². The molecule has 0 amide bonds. The molecule has 1 aromatic carbocycles. The molecule has 0 aliphatic rings. The SMILES string of the molecule is Cc1cc(C(=O)CSc2nnnn2C(C)C)c(C)n1-c1ccc(S(N)(=O)=O)cc1. The van der Waals surface area contributed by atoms with Crippen molar-refractivity contribution >= 4 is 27.6 Å². The number of ketones is 1. The number of Topliss-reactive ketones (excluding diaryl/α,β-unsaturated/α-hetero) is 1. The van der Waals surface area contributed by atoms with E-state index in [1.807, 2.05) is 38.3 Å². The third kappa shape index (κ3) is 4.41. The molecule has 0 spiro atoms. The molecule has 0 bridgehead atoms. The number of nitrogens with zero attached hydrogens (tertiary/aromatic N) is 5. The molecule has 29 heavy (non-hydrogen) atoms. The van der Waals surface area contributed by atoms with Crippen molar-refractivity contribution in [2.24, 2.45) is 5.14 Å². The van der Waals surface area contributed by atoms with Crippen LogP contribution in [0.3, 0.4) is 0 Å². The van der Waals surface area contributed by atoms with E-state index >= 15 is 0 Å². The van der Waals surface area contributed by atoms with Gasteiger partial charge in [0.1, 0.15) is 0 Å². The second-order valence-electron chi connectivity index (χ2n) is 6.87. The summed E-state index contributed by atoms with van der Waals surface area (Å²) >= 11 is 1.30. The number of carbonyl (C=O) groups excluding carboxylic acids is 1. The number of tetrazole rings is 1. The zero-order chi connectivity index (χ0) is 21.3. The summed E-state index contributed by atoms with van der Waals surface area (Å²) in [4.78, 5) is 12.9. The van der Waals surface area contributed by atoms with Crippen LogP contribution in [-0.4, -0.2) is 44.7 Å². The number of thioether (sulfide) groups is 1. The fraction of sp³-hybridized carbons (Fsp3) is 0.333. The molecular weight excluding hydrogens is 412 g/mol. The van der Waals surface area contributed by atoms with Crippen LogP contribution in [0, 0.1) is 13.8 Å². The first-order chi connectivity index (χ1) is 13.6. The lowest BCUT2D eigenvalue weighted by Gasteiger charge is -2.10. The van der Waals surface area contributed by atoms with E-state index in [2.05, 4.69) is 15.5 Å². The maximum Gasteiger partial charge on any atom is 0.238 e. The van der Waals surface area contributed by atoms with Crippen LogP contribution in [0.2, 0.25) is 0 Å². The smallest absolute Gasteiger partial charge is 0.238 e. The Labute approximate surface area is 173 Å². The third-order valence-corrected chi connectivity index (χ3v) is 6.30. The standard InChI is InChI=1S/C18H22N6O3S2/c1-11(2)24-18(20-21-22-24)28-10-17(25)16-9-12(3)23(13(16)4)14-5-7-15(8-6-14)29(19,26)27/h5-9,11H,10H2,1-4H3,(H2,19,26,27). The van der Waals surface area contributed by atoms with E-state index < -0.39 is 10.0 Å². The molecule has 154 valence electrons. The van der Waals surface area contributed by atoms with Gasteiger partial charge in [-0.3, -0.25) is 4.79 Å². The molecule has 2 heterocycles. The Hall–Kier alpha value is -2.50. The minimum atomic E-state index is -3.75. The van der Waals surface area contributed by atoms with Crippen LogP contribution in [0.15, 0.2) is 40.4 Å². The first-order valence-electron chi connectivity index (χ1n) is 8.85. The van der Waals surface area contributed by atoms with E-state index in [1.165, 1.54) is 23.9 Å². The van der Waals surface area contributed by atoms with Crippen molar-refractivity contribution in [3.63, 3.8) is 0 Å². The lowest BCUT2D eigenvalue weighted by Crippen LogP contribution is -2.12. The fourth-order valence-electron chi connectivity index (χ4n) is 3.04. The number of benzene rings is 1. The van der Waals surface area contributed by atoms with Crippen LogP contribution in [0.4, 0.5) is 0 Å². The van der Waals surface area contributed by atoms with Crippen LogP contribution in [0.25, 0.3) is 5.69 Å². The number of aryl methyl sites for hydroxylation is 1. The van der Waals surface area contributed by atoms with Crippen LogP contribution in [0.5, 0.6) is 0 Å². The van der Waals surface area contributed by atoms with Crippen molar-refractivity contribution in [2.45, 2.75) is 43.8 Å². The van der Waals surface area contributed by atoms with Crippen molar-refractivity contribution in [1.29, 1.82) is 0 Å². The molecule has 11 heteroatoms. The van der Waals surface area contributed by atoms with Crippen LogP contribution in [-0.2, 0) is 10.0 Å². The molecule has 3 aromatic rings. The van der Waals surface area contributed by atoms with Gasteiger partial charge < -0.3 is 4.57 Å². The molecule has 2 aromatic heterocycles. The highest BCUT2D eigenvalue weighted by molar-refractivity contribution is 7.99. The Balaban J connectivity index is 1.83. The van der Waals surface area contributed by atoms with E-state index in [0.29, 0.717) is 10.7 Å². The lowest BCUT2D eigenvalue weighted by molar-refractivity contribution is 0.102. The Bertz CT molecular complexity index is 1150. The lowest BCUT2D eigenvalue weighted by atomic mass is 10.2. The van der Waals surface area contributed by atoms with E-state index in [1.54, 1.807) is 16.8 Å². The molecule has 0 radical (unpaired) electrons. The highest BCUT2D eigenvalue weighted by Gasteiger charge is 2.19. The molecule has 3 rings (SSSR count). The van der Waals surface area contributed by atoms with Gasteiger partial charge in [0, 0.05) is 22.6 Å². The summed E-state index contributed by atoms with van der Waals surface area (Å²) < 4.78 is 26.5. The predicted molar refractivity (Wildman–Crippen MR) is 110 cm³/mol. The molecule has 0 fully saturated rings. The summed E-state index contributed by atoms with van der Waals surface area (Å²) in [7, 11) is -3.75. The van der Waals surface area contributed by atoms with Crippen molar-refractivity contribution in [3.05, 3.63) is 47.3 Å². The number of nitrogens with two attached hydrogens (primary N) is 1. The van der Waals surface area contributed by atoms with E-state index in [0.717, 1.165) is 17.1 Å². The van der Waals surface area contributed by atoms with E-state index in [4.69, 9.17) is 5.14 Å². The van der Waals surface area contributed by atoms with Gasteiger partial charge in [-0.05, 0) is 68.5 Å². The Morgan fingerprint density at radius 2 is 1.86 bits per heavy atom. The maximum atomic E-state index is 12.8. The Morgan fingerprint density at radius 1 is 1.21 bits per heavy atom. The van der Waals surface area contributed by atoms with Crippen molar-refractivity contribution < 1.29 is 13.2 Å². The number of carbonyl (C=O) groups is 1. The van der Waals surface area contributed by atoms with Crippen LogP contribution < -0.4 is 5.14 Å². The number of primary sulfonamides is 1. The summed E-state index contributed by atoms with van der Waals surface area (Å²) in [6, 6.07) is 8.17. The molecular formula is C18H22N6O3S2. The molecule has 0 aliphatic carbocycles. The van der Waals surface area contributed by atoms with Gasteiger partial charge in [0.05, 0.1) is 16.7 Å². The highest BCUT2D eigenvalue weighted by Crippen LogP contribution is 2.25. The maximum absolute atomic E-state index is 12.8. The van der Waals surface area contributed by atoms with Crippen molar-refractivity contribution in [1.82, 2.24) is 24.8 Å². The summed E-state index contributed by atoms with van der Waals surface area (Å²) in [6.07, 6.45) is 0. The zero-order valence-corrected chi connectivity index (χ0v) is 18.2. The minimum absolute atomic E-state index is 0.0335. The van der Waals surface area contributed by atoms with Crippen molar-refractivity contribution in [2.75, 3.05) is 5.75 Å². The van der Waals surface area contributed by atoms with Gasteiger partial charge in [0.25, 0.3) is 0 Å². The molecule has 0 atom stereocenters. The topological polar surface area (TPSA) is 126 Å². The van der Waals surface area contributed by atoms with Gasteiger partial charge in [0.2, 0.25) is 15.2 Å². The highest BCUT2D eigenvalue weighted by atomic mass is 32.2. The zero-order valence-electron chi connectivity index (χ0n) is 16.5. The van der Waals surface area contributed by atoms with Gasteiger partial charge in [-0.1, -0.05) is 11.8 Å². The van der Waals surface area contributed by atoms with Gasteiger partial charge in [0.15, 0.2) is 5.78 Å². The molecule has 0 saturated carbocycles. The molecule has 0 saturated heterocycles. The molecule has 0 unspecified atom stereocenters. The summed E-state index contributed by atoms with van der Waals surface area (Å²) in [5, 5.41) is 17.3. The number of hydrogen-bond acceptors (Lipinski definition) is 7. The van der Waals surface area contributed by atoms with Gasteiger partial charge in [-0.25, -0.2) is 18.2 Å². The summed E-state index contributed by atoms with van der Waals surface area (Å²) in [5.74, 6) is 0.177.